The Bertz CT molecular complexity index is 141. The Morgan fingerprint density at radius 2 is 1.50 bits per heavy atom. The first-order valence-corrected chi connectivity index (χ1v) is 6.20. The average molecular weight is 197 g/mol. The molecule has 0 radical (unpaired) electrons. The van der Waals surface area contributed by atoms with Gasteiger partial charge in [-0.25, -0.2) is 0 Å². The number of hydrogen-bond donors (Lipinski definition) is 0. The van der Waals surface area contributed by atoms with Crippen molar-refractivity contribution in [2.75, 3.05) is 13.1 Å². The van der Waals surface area contributed by atoms with Crippen molar-refractivity contribution in [1.82, 2.24) is 4.90 Å². The molecule has 0 fully saturated rings. The Morgan fingerprint density at radius 3 is 1.79 bits per heavy atom. The maximum absolute atomic E-state index is 2.56. The number of allylic oxidation sites excluding steroid dienone is 2. The minimum Gasteiger partial charge on any atom is -0.375 e. The first-order chi connectivity index (χ1) is 6.79. The van der Waals surface area contributed by atoms with Gasteiger partial charge in [0, 0.05) is 18.8 Å². The lowest BCUT2D eigenvalue weighted by atomic mass is 10.2. The summed E-state index contributed by atoms with van der Waals surface area (Å²) < 4.78 is 0. The molecule has 0 unspecified atom stereocenters. The molecule has 0 aromatic heterocycles. The normalized spacial score (nSPS) is 11.9. The molecule has 0 aliphatic carbocycles. The van der Waals surface area contributed by atoms with Gasteiger partial charge < -0.3 is 4.90 Å². The Kier molecular flexibility index (Phi) is 8.81. The van der Waals surface area contributed by atoms with E-state index in [2.05, 4.69) is 38.7 Å². The van der Waals surface area contributed by atoms with Crippen LogP contribution in [0.5, 0.6) is 0 Å². The molecular weight excluding hydrogens is 170 g/mol. The van der Waals surface area contributed by atoms with Crippen LogP contribution in [0.4, 0.5) is 0 Å². The monoisotopic (exact) mass is 197 g/mol. The average Bonchev–Trinajstić information content (AvgIpc) is 2.22. The lowest BCUT2D eigenvalue weighted by Crippen LogP contribution is -2.25. The van der Waals surface area contributed by atoms with E-state index in [0.717, 1.165) is 0 Å². The third kappa shape index (κ3) is 5.31. The maximum atomic E-state index is 2.56. The minimum absolute atomic E-state index is 1.17. The molecule has 1 nitrogen and oxygen atoms in total. The van der Waals surface area contributed by atoms with Crippen LogP contribution in [0.3, 0.4) is 0 Å². The second-order valence-electron chi connectivity index (χ2n) is 3.83. The first kappa shape index (κ1) is 13.5. The van der Waals surface area contributed by atoms with Gasteiger partial charge in [0.05, 0.1) is 0 Å². The molecule has 1 heteroatoms. The van der Waals surface area contributed by atoms with Crippen LogP contribution in [0, 0.1) is 0 Å². The van der Waals surface area contributed by atoms with Crippen molar-refractivity contribution in [2.45, 2.75) is 59.8 Å². The largest absolute Gasteiger partial charge is 0.375 e. The van der Waals surface area contributed by atoms with Crippen LogP contribution in [0.25, 0.3) is 0 Å². The first-order valence-electron chi connectivity index (χ1n) is 6.20. The van der Waals surface area contributed by atoms with Crippen molar-refractivity contribution in [3.05, 3.63) is 11.8 Å². The van der Waals surface area contributed by atoms with Gasteiger partial charge in [0.25, 0.3) is 0 Å². The predicted molar refractivity (Wildman–Crippen MR) is 65.4 cm³/mol. The lowest BCUT2D eigenvalue weighted by molar-refractivity contribution is 0.322. The highest BCUT2D eigenvalue weighted by Gasteiger charge is 2.05. The molecule has 0 aromatic carbocycles. The Labute approximate surface area is 90.2 Å². The number of rotatable bonds is 8. The molecule has 0 atom stereocenters. The van der Waals surface area contributed by atoms with E-state index in [4.69, 9.17) is 0 Å². The topological polar surface area (TPSA) is 3.24 Å². The highest BCUT2D eigenvalue weighted by atomic mass is 15.1. The van der Waals surface area contributed by atoms with Crippen molar-refractivity contribution in [3.8, 4) is 0 Å². The summed E-state index contributed by atoms with van der Waals surface area (Å²) in [4.78, 5) is 2.56. The minimum atomic E-state index is 1.17. The fourth-order valence-corrected chi connectivity index (χ4v) is 1.71. The fraction of sp³-hybridized carbons (Fsp3) is 0.846. The third-order valence-corrected chi connectivity index (χ3v) is 2.66. The Balaban J connectivity index is 4.07. The van der Waals surface area contributed by atoms with Gasteiger partial charge >= 0.3 is 0 Å². The molecule has 0 aromatic rings. The molecule has 0 saturated carbocycles. The van der Waals surface area contributed by atoms with Gasteiger partial charge in [-0.05, 0) is 26.2 Å². The van der Waals surface area contributed by atoms with E-state index in [-0.39, 0.29) is 0 Å². The second kappa shape index (κ2) is 9.11. The summed E-state index contributed by atoms with van der Waals surface area (Å²) in [6, 6.07) is 0. The molecule has 0 amide bonds. The third-order valence-electron chi connectivity index (χ3n) is 2.66. The lowest BCUT2D eigenvalue weighted by Gasteiger charge is -2.26. The van der Waals surface area contributed by atoms with Gasteiger partial charge in [0.2, 0.25) is 0 Å². The van der Waals surface area contributed by atoms with E-state index in [9.17, 15) is 0 Å². The van der Waals surface area contributed by atoms with Gasteiger partial charge in [-0.2, -0.15) is 0 Å². The van der Waals surface area contributed by atoms with Crippen LogP contribution >= 0.6 is 0 Å². The van der Waals surface area contributed by atoms with E-state index in [1.54, 1.807) is 0 Å². The van der Waals surface area contributed by atoms with E-state index in [1.807, 2.05) is 0 Å². The van der Waals surface area contributed by atoms with Crippen LogP contribution in [-0.4, -0.2) is 18.0 Å². The summed E-state index contributed by atoms with van der Waals surface area (Å²) in [7, 11) is 0. The molecule has 0 aliphatic rings. The van der Waals surface area contributed by atoms with E-state index in [1.165, 1.54) is 50.9 Å². The van der Waals surface area contributed by atoms with Crippen molar-refractivity contribution in [1.29, 1.82) is 0 Å². The van der Waals surface area contributed by atoms with Crippen LogP contribution in [0.15, 0.2) is 11.8 Å². The van der Waals surface area contributed by atoms with Gasteiger partial charge in [0.1, 0.15) is 0 Å². The molecular formula is C13H27N. The van der Waals surface area contributed by atoms with E-state index < -0.39 is 0 Å². The highest BCUT2D eigenvalue weighted by Crippen LogP contribution is 2.11. The molecule has 14 heavy (non-hydrogen) atoms. The van der Waals surface area contributed by atoms with Gasteiger partial charge in [0.15, 0.2) is 0 Å². The summed E-state index contributed by atoms with van der Waals surface area (Å²) in [6.45, 7) is 11.4. The van der Waals surface area contributed by atoms with E-state index >= 15 is 0 Å². The van der Waals surface area contributed by atoms with Crippen molar-refractivity contribution in [3.63, 3.8) is 0 Å². The van der Waals surface area contributed by atoms with E-state index in [0.29, 0.717) is 0 Å². The quantitative estimate of drug-likeness (QED) is 0.563. The molecule has 0 bridgehead atoms. The Morgan fingerprint density at radius 1 is 1.00 bits per heavy atom. The molecule has 0 spiro atoms. The summed E-state index contributed by atoms with van der Waals surface area (Å²) >= 11 is 0. The molecule has 84 valence electrons. The predicted octanol–water partition coefficient (Wildman–Crippen LogP) is 4.20. The summed E-state index contributed by atoms with van der Waals surface area (Å²) in [5.41, 5.74) is 1.52. The van der Waals surface area contributed by atoms with Crippen molar-refractivity contribution < 1.29 is 0 Å². The second-order valence-corrected chi connectivity index (χ2v) is 3.83. The fourth-order valence-electron chi connectivity index (χ4n) is 1.71. The molecule has 0 rings (SSSR count). The number of nitrogens with zero attached hydrogens (tertiary/aromatic N) is 1. The molecule has 0 heterocycles. The smallest absolute Gasteiger partial charge is 0.0174 e. The standard InChI is InChI=1S/C13H27N/c1-5-9-11-14(12-10-6-2)13(7-3)8-4/h7H,5-6,8-12H2,1-4H3. The number of unbranched alkanes of at least 4 members (excludes halogenated alkanes) is 2. The number of hydrogen-bond acceptors (Lipinski definition) is 1. The zero-order chi connectivity index (χ0) is 10.8. The van der Waals surface area contributed by atoms with Crippen LogP contribution < -0.4 is 0 Å². The SMILES string of the molecule is CC=C(CC)N(CCCC)CCCC. The van der Waals surface area contributed by atoms with Crippen LogP contribution in [0.2, 0.25) is 0 Å². The van der Waals surface area contributed by atoms with Gasteiger partial charge in [-0.3, -0.25) is 0 Å². The van der Waals surface area contributed by atoms with Crippen LogP contribution in [-0.2, 0) is 0 Å². The molecule has 0 saturated heterocycles. The zero-order valence-electron chi connectivity index (χ0n) is 10.5. The highest BCUT2D eigenvalue weighted by molar-refractivity contribution is 4.98. The summed E-state index contributed by atoms with van der Waals surface area (Å²) in [5, 5.41) is 0. The van der Waals surface area contributed by atoms with Crippen molar-refractivity contribution in [2.24, 2.45) is 0 Å². The maximum Gasteiger partial charge on any atom is 0.0174 e. The van der Waals surface area contributed by atoms with Gasteiger partial charge in [-0.1, -0.05) is 39.7 Å². The van der Waals surface area contributed by atoms with Gasteiger partial charge in [-0.15, -0.1) is 0 Å². The van der Waals surface area contributed by atoms with Crippen LogP contribution in [0.1, 0.15) is 59.8 Å². The molecule has 0 aliphatic heterocycles. The summed E-state index contributed by atoms with van der Waals surface area (Å²) in [5.74, 6) is 0. The zero-order valence-corrected chi connectivity index (χ0v) is 10.5. The summed E-state index contributed by atoms with van der Waals surface area (Å²) in [6.07, 6.45) is 8.67. The Hall–Kier alpha value is -0.460. The van der Waals surface area contributed by atoms with Crippen molar-refractivity contribution >= 4 is 0 Å². The molecule has 0 N–H and O–H groups in total.